The molecule has 0 aromatic heterocycles. The van der Waals surface area contributed by atoms with Crippen molar-refractivity contribution in [2.45, 2.75) is 52.4 Å². The molecule has 0 N–H and O–H groups in total. The molecule has 0 aromatic rings. The Bertz CT molecular complexity index is 201. The third kappa shape index (κ3) is 12.1. The summed E-state index contributed by atoms with van der Waals surface area (Å²) in [6.45, 7) is 6.44. The highest BCUT2D eigenvalue weighted by molar-refractivity contribution is 4.94. The fourth-order valence-corrected chi connectivity index (χ4v) is 1.69. The quantitative estimate of drug-likeness (QED) is 0.346. The summed E-state index contributed by atoms with van der Waals surface area (Å²) < 4.78 is 1.05. The predicted molar refractivity (Wildman–Crippen MR) is 68.7 cm³/mol. The highest BCUT2D eigenvalue weighted by atomic mass is 79.9. The van der Waals surface area contributed by atoms with Crippen LogP contribution in [0.25, 0.3) is 0 Å². The van der Waals surface area contributed by atoms with Gasteiger partial charge >= 0.3 is 0 Å². The monoisotopic (exact) mass is 289 g/mol. The van der Waals surface area contributed by atoms with Crippen molar-refractivity contribution in [2.24, 2.45) is 0 Å². The van der Waals surface area contributed by atoms with E-state index in [1.54, 1.807) is 0 Å². The first-order chi connectivity index (χ1) is 7.12. The molecule has 2 heteroatoms. The molecule has 0 aliphatic heterocycles. The lowest BCUT2D eigenvalue weighted by Crippen LogP contribution is -3.00. The topological polar surface area (TPSA) is 0 Å². The fraction of sp³-hybridized carbons (Fsp3) is 0.857. The van der Waals surface area contributed by atoms with Gasteiger partial charge in [0, 0.05) is 0 Å². The van der Waals surface area contributed by atoms with Crippen LogP contribution in [0.3, 0.4) is 0 Å². The zero-order valence-corrected chi connectivity index (χ0v) is 13.1. The second-order valence-electron chi connectivity index (χ2n) is 5.01. The van der Waals surface area contributed by atoms with E-state index in [2.05, 4.69) is 32.9 Å². The summed E-state index contributed by atoms with van der Waals surface area (Å²) in [5, 5.41) is 0. The largest absolute Gasteiger partial charge is 1.00 e. The Labute approximate surface area is 113 Å². The van der Waals surface area contributed by atoms with Crippen LogP contribution in [-0.2, 0) is 0 Å². The number of halogens is 1. The molecule has 0 heterocycles. The molecule has 0 rings (SSSR count). The van der Waals surface area contributed by atoms with Gasteiger partial charge in [-0.3, -0.25) is 0 Å². The van der Waals surface area contributed by atoms with Crippen molar-refractivity contribution in [3.63, 3.8) is 0 Å². The third-order valence-electron chi connectivity index (χ3n) is 2.80. The van der Waals surface area contributed by atoms with E-state index in [-0.39, 0.29) is 17.0 Å². The summed E-state index contributed by atoms with van der Waals surface area (Å²) in [5.74, 6) is 6.15. The Morgan fingerprint density at radius 2 is 1.50 bits per heavy atom. The zero-order valence-electron chi connectivity index (χ0n) is 11.5. The molecule has 16 heavy (non-hydrogen) atoms. The van der Waals surface area contributed by atoms with Gasteiger partial charge in [-0.15, -0.1) is 5.92 Å². The molecule has 0 bridgehead atoms. The first kappa shape index (κ1) is 18.4. The minimum absolute atomic E-state index is 0. The maximum atomic E-state index is 3.17. The highest BCUT2D eigenvalue weighted by Gasteiger charge is 2.11. The highest BCUT2D eigenvalue weighted by Crippen LogP contribution is 2.07. The van der Waals surface area contributed by atoms with E-state index in [0.717, 1.165) is 11.0 Å². The number of nitrogens with zero attached hydrogens (tertiary/aromatic N) is 1. The maximum absolute atomic E-state index is 3.17. The number of hydrogen-bond donors (Lipinski definition) is 0. The van der Waals surface area contributed by atoms with E-state index in [4.69, 9.17) is 0 Å². The average molecular weight is 290 g/mol. The first-order valence-electron chi connectivity index (χ1n) is 6.34. The summed E-state index contributed by atoms with van der Waals surface area (Å²) in [7, 11) is 4.55. The van der Waals surface area contributed by atoms with Gasteiger partial charge in [0.05, 0.1) is 20.6 Å². The van der Waals surface area contributed by atoms with Gasteiger partial charge in [-0.25, -0.2) is 0 Å². The van der Waals surface area contributed by atoms with Crippen LogP contribution >= 0.6 is 0 Å². The Morgan fingerprint density at radius 1 is 0.938 bits per heavy atom. The van der Waals surface area contributed by atoms with Gasteiger partial charge in [-0.05, 0) is 25.7 Å². The van der Waals surface area contributed by atoms with Gasteiger partial charge in [0.15, 0.2) is 0 Å². The van der Waals surface area contributed by atoms with Gasteiger partial charge in [0.1, 0.15) is 6.54 Å². The molecule has 0 aromatic carbocycles. The standard InChI is InChI=1S/C14H28N.BrH/c1-5-7-9-10-11-12-14-15(3,4)13-8-6-2;/h5,7,9-14H2,1-4H3;1H/q+1;/p-1. The van der Waals surface area contributed by atoms with E-state index >= 15 is 0 Å². The lowest BCUT2D eigenvalue weighted by molar-refractivity contribution is -0.883. The van der Waals surface area contributed by atoms with E-state index in [0.29, 0.717) is 0 Å². The van der Waals surface area contributed by atoms with Crippen LogP contribution < -0.4 is 17.0 Å². The average Bonchev–Trinajstić information content (AvgIpc) is 2.20. The summed E-state index contributed by atoms with van der Waals surface area (Å²) in [6.07, 6.45) is 8.31. The molecule has 0 spiro atoms. The molecule has 0 unspecified atom stereocenters. The molecule has 0 radical (unpaired) electrons. The minimum Gasteiger partial charge on any atom is -1.00 e. The number of hydrogen-bond acceptors (Lipinski definition) is 0. The van der Waals surface area contributed by atoms with Crippen molar-refractivity contribution in [2.75, 3.05) is 27.2 Å². The molecule has 0 saturated heterocycles. The normalized spacial score (nSPS) is 10.2. The molecule has 1 nitrogen and oxygen atoms in total. The number of rotatable bonds is 8. The lowest BCUT2D eigenvalue weighted by Gasteiger charge is -2.27. The molecular weight excluding hydrogens is 262 g/mol. The van der Waals surface area contributed by atoms with Gasteiger partial charge < -0.3 is 21.5 Å². The van der Waals surface area contributed by atoms with Gasteiger partial charge in [0.2, 0.25) is 0 Å². The molecule has 0 fully saturated rings. The summed E-state index contributed by atoms with van der Waals surface area (Å²) in [5.41, 5.74) is 0. The summed E-state index contributed by atoms with van der Waals surface area (Å²) >= 11 is 0. The lowest BCUT2D eigenvalue weighted by atomic mass is 10.1. The SMILES string of the molecule is CC#CC[N+](C)(C)CCCCCCCC.[Br-]. The zero-order chi connectivity index (χ0) is 11.6. The molecule has 96 valence electrons. The molecule has 0 aliphatic carbocycles. The van der Waals surface area contributed by atoms with E-state index < -0.39 is 0 Å². The smallest absolute Gasteiger partial charge is 0.140 e. The molecule has 0 aliphatic rings. The van der Waals surface area contributed by atoms with E-state index in [1.165, 1.54) is 45.1 Å². The summed E-state index contributed by atoms with van der Waals surface area (Å²) in [4.78, 5) is 0. The number of unbranched alkanes of at least 4 members (excludes halogenated alkanes) is 5. The van der Waals surface area contributed by atoms with Crippen LogP contribution in [0, 0.1) is 11.8 Å². The molecule has 0 saturated carbocycles. The Balaban J connectivity index is 0. The van der Waals surface area contributed by atoms with Gasteiger partial charge in [0.25, 0.3) is 0 Å². The molecular formula is C14H28BrN. The van der Waals surface area contributed by atoms with Crippen molar-refractivity contribution in [1.82, 2.24) is 0 Å². The van der Waals surface area contributed by atoms with Gasteiger partial charge in [-0.1, -0.05) is 32.6 Å². The van der Waals surface area contributed by atoms with Crippen molar-refractivity contribution in [3.05, 3.63) is 0 Å². The van der Waals surface area contributed by atoms with Crippen LogP contribution in [0.5, 0.6) is 0 Å². The third-order valence-corrected chi connectivity index (χ3v) is 2.80. The maximum Gasteiger partial charge on any atom is 0.140 e. The van der Waals surface area contributed by atoms with Crippen LogP contribution in [0.15, 0.2) is 0 Å². The van der Waals surface area contributed by atoms with Crippen LogP contribution in [0.4, 0.5) is 0 Å². The Morgan fingerprint density at radius 3 is 2.06 bits per heavy atom. The van der Waals surface area contributed by atoms with Crippen LogP contribution in [0.2, 0.25) is 0 Å². The van der Waals surface area contributed by atoms with Crippen molar-refractivity contribution < 1.29 is 21.5 Å². The van der Waals surface area contributed by atoms with E-state index in [1.807, 2.05) is 6.92 Å². The predicted octanol–water partition coefficient (Wildman–Crippen LogP) is 0.451. The molecule has 0 atom stereocenters. The molecule has 0 amide bonds. The van der Waals surface area contributed by atoms with Crippen LogP contribution in [-0.4, -0.2) is 31.7 Å². The van der Waals surface area contributed by atoms with Crippen molar-refractivity contribution >= 4 is 0 Å². The second kappa shape index (κ2) is 11.5. The first-order valence-corrected chi connectivity index (χ1v) is 6.34. The van der Waals surface area contributed by atoms with Crippen LogP contribution in [0.1, 0.15) is 52.4 Å². The van der Waals surface area contributed by atoms with Gasteiger partial charge in [-0.2, -0.15) is 0 Å². The Hall–Kier alpha value is 0. The Kier molecular flexibility index (Phi) is 13.2. The minimum atomic E-state index is 0. The van der Waals surface area contributed by atoms with Crippen molar-refractivity contribution in [3.8, 4) is 11.8 Å². The van der Waals surface area contributed by atoms with Crippen molar-refractivity contribution in [1.29, 1.82) is 0 Å². The van der Waals surface area contributed by atoms with E-state index in [9.17, 15) is 0 Å². The summed E-state index contributed by atoms with van der Waals surface area (Å²) in [6, 6.07) is 0. The second-order valence-corrected chi connectivity index (χ2v) is 5.01. The number of quaternary nitrogens is 1. The fourth-order valence-electron chi connectivity index (χ4n) is 1.69.